The fraction of sp³-hybridized carbons (Fsp3) is 0.238. The molecule has 0 amide bonds. The highest BCUT2D eigenvalue weighted by Crippen LogP contribution is 2.43. The van der Waals surface area contributed by atoms with Gasteiger partial charge in [0.2, 0.25) is 5.43 Å². The van der Waals surface area contributed by atoms with Crippen LogP contribution < -0.4 is 14.9 Å². The van der Waals surface area contributed by atoms with Crippen LogP contribution in [0.25, 0.3) is 10.9 Å². The lowest BCUT2D eigenvalue weighted by Gasteiger charge is -2.20. The van der Waals surface area contributed by atoms with Gasteiger partial charge in [-0.15, -0.1) is 0 Å². The number of carbonyl (C=O) groups is 1. The third-order valence-corrected chi connectivity index (χ3v) is 6.15. The van der Waals surface area contributed by atoms with Crippen molar-refractivity contribution in [3.63, 3.8) is 0 Å². The number of para-hydroxylation sites is 1. The Bertz CT molecular complexity index is 1250. The number of carbonyl (C=O) groups excluding carboxylic acids is 1. The maximum Gasteiger partial charge on any atom is 0.344 e. The van der Waals surface area contributed by atoms with Gasteiger partial charge in [0, 0.05) is 11.3 Å². The summed E-state index contributed by atoms with van der Waals surface area (Å²) >= 11 is 0.675. The summed E-state index contributed by atoms with van der Waals surface area (Å²) in [4.78, 5) is 25.8. The van der Waals surface area contributed by atoms with E-state index < -0.39 is 50.6 Å². The number of pyridine rings is 1. The second kappa shape index (κ2) is 8.55. The van der Waals surface area contributed by atoms with Gasteiger partial charge in [-0.3, -0.25) is 4.79 Å². The van der Waals surface area contributed by atoms with E-state index >= 15 is 4.39 Å². The average molecular weight is 467 g/mol. The summed E-state index contributed by atoms with van der Waals surface area (Å²) in [5, 5.41) is -1.46. The smallest absolute Gasteiger partial charge is 0.344 e. The fourth-order valence-corrected chi connectivity index (χ4v) is 4.38. The first-order chi connectivity index (χ1) is 14.9. The minimum atomic E-state index is -1.51. The number of halogens is 3. The Balaban J connectivity index is 2.05. The number of fused-ring (bicyclic) bond motifs is 1. The van der Waals surface area contributed by atoms with E-state index in [9.17, 15) is 18.4 Å². The second-order valence-electron chi connectivity index (χ2n) is 6.89. The molecule has 10 heteroatoms. The van der Waals surface area contributed by atoms with E-state index in [0.29, 0.717) is 30.6 Å². The number of rotatable bonds is 6. The summed E-state index contributed by atoms with van der Waals surface area (Å²) in [6, 6.07) is 8.26. The van der Waals surface area contributed by atoms with E-state index in [1.165, 1.54) is 4.57 Å². The Kier molecular flexibility index (Phi) is 5.99. The second-order valence-corrected chi connectivity index (χ2v) is 8.19. The van der Waals surface area contributed by atoms with Crippen LogP contribution >= 0.6 is 21.3 Å². The van der Waals surface area contributed by atoms with Gasteiger partial charge in [-0.1, -0.05) is 27.4 Å². The molecule has 4 rings (SSSR count). The van der Waals surface area contributed by atoms with Crippen molar-refractivity contribution in [3.8, 4) is 5.75 Å². The van der Waals surface area contributed by atoms with Gasteiger partial charge < -0.3 is 13.5 Å². The molecule has 2 aromatic carbocycles. The average Bonchev–Trinajstić information content (AvgIpc) is 3.60. The molecule has 1 unspecified atom stereocenters. The van der Waals surface area contributed by atoms with Gasteiger partial charge in [-0.05, 0) is 31.9 Å². The van der Waals surface area contributed by atoms with E-state index in [-0.39, 0.29) is 17.7 Å². The molecule has 1 heterocycles. The zero-order valence-corrected chi connectivity index (χ0v) is 18.3. The fourth-order valence-electron chi connectivity index (χ4n) is 3.25. The highest BCUT2D eigenvalue weighted by Gasteiger charge is 2.36. The van der Waals surface area contributed by atoms with Crippen LogP contribution in [0.3, 0.4) is 0 Å². The van der Waals surface area contributed by atoms with Crippen molar-refractivity contribution in [3.05, 3.63) is 63.6 Å². The third-order valence-electron chi connectivity index (χ3n) is 4.81. The summed E-state index contributed by atoms with van der Waals surface area (Å²) in [5.41, 5.74) is -2.06. The number of esters is 1. The monoisotopic (exact) mass is 467 g/mol. The van der Waals surface area contributed by atoms with Gasteiger partial charge in [-0.2, -0.15) is 0 Å². The molecule has 1 aliphatic rings. The highest BCUT2D eigenvalue weighted by atomic mass is 32.2. The van der Waals surface area contributed by atoms with E-state index in [2.05, 4.69) is 0 Å². The quantitative estimate of drug-likeness (QED) is 0.231. The minimum Gasteiger partial charge on any atom is -0.462 e. The summed E-state index contributed by atoms with van der Waals surface area (Å²) in [7, 11) is 1.82. The normalized spacial score (nSPS) is 13.5. The largest absolute Gasteiger partial charge is 0.462 e. The summed E-state index contributed by atoms with van der Waals surface area (Å²) < 4.78 is 56.2. The van der Waals surface area contributed by atoms with Crippen LogP contribution in [-0.2, 0) is 4.74 Å². The maximum absolute atomic E-state index is 15.1. The molecule has 0 aliphatic heterocycles. The van der Waals surface area contributed by atoms with Crippen molar-refractivity contribution in [1.82, 2.24) is 4.57 Å². The van der Waals surface area contributed by atoms with Crippen molar-refractivity contribution in [1.29, 1.82) is 0 Å². The summed E-state index contributed by atoms with van der Waals surface area (Å²) in [5.74, 6) is -4.68. The molecule has 1 aliphatic carbocycles. The number of aromatic nitrogens is 1. The number of ether oxygens (including phenoxy) is 1. The van der Waals surface area contributed by atoms with Gasteiger partial charge in [0.05, 0.1) is 17.5 Å². The third kappa shape index (κ3) is 3.81. The molecule has 0 spiro atoms. The first kappa shape index (κ1) is 21.7. The number of nitrogens with zero attached hydrogens (tertiary/aromatic N) is 1. The predicted molar refractivity (Wildman–Crippen MR) is 115 cm³/mol. The van der Waals surface area contributed by atoms with Crippen LogP contribution in [0.4, 0.5) is 13.2 Å². The molecule has 0 saturated heterocycles. The minimum absolute atomic E-state index is 0.0170. The van der Waals surface area contributed by atoms with E-state index in [4.69, 9.17) is 8.92 Å². The Hall–Kier alpha value is -2.51. The molecule has 162 valence electrons. The zero-order chi connectivity index (χ0) is 22.3. The Morgan fingerprint density at radius 3 is 2.45 bits per heavy atom. The van der Waals surface area contributed by atoms with Gasteiger partial charge in [0.15, 0.2) is 17.5 Å². The Morgan fingerprint density at radius 2 is 1.84 bits per heavy atom. The van der Waals surface area contributed by atoms with Crippen LogP contribution in [0.2, 0.25) is 0 Å². The van der Waals surface area contributed by atoms with Crippen molar-refractivity contribution in [2.24, 2.45) is 0 Å². The Morgan fingerprint density at radius 1 is 1.16 bits per heavy atom. The van der Waals surface area contributed by atoms with Crippen molar-refractivity contribution < 1.29 is 26.9 Å². The number of hydrogen-bond acceptors (Lipinski definition) is 5. The lowest BCUT2D eigenvalue weighted by atomic mass is 10.1. The summed E-state index contributed by atoms with van der Waals surface area (Å²) in [6.07, 6.45) is 1.23. The lowest BCUT2D eigenvalue weighted by molar-refractivity contribution is 0.0518. The standard InChI is InChI=1S/C21H17F3NO4PS/c1-2-28-21(27)13-18(26)12-14(22)15(23)19(30)16(24)17(12)25(10-8-9-10)20(13)31-29-11-6-4-3-5-7-11/h3-7,10H,2,8-9,30H2,1H3. The van der Waals surface area contributed by atoms with Crippen LogP contribution in [-0.4, -0.2) is 17.1 Å². The lowest BCUT2D eigenvalue weighted by Crippen LogP contribution is -2.27. The molecule has 0 bridgehead atoms. The Labute approximate surface area is 181 Å². The van der Waals surface area contributed by atoms with Gasteiger partial charge >= 0.3 is 5.97 Å². The van der Waals surface area contributed by atoms with Gasteiger partial charge in [-0.25, -0.2) is 18.0 Å². The molecule has 0 radical (unpaired) electrons. The van der Waals surface area contributed by atoms with Crippen LogP contribution in [0.5, 0.6) is 5.75 Å². The topological polar surface area (TPSA) is 57.5 Å². The van der Waals surface area contributed by atoms with Crippen LogP contribution in [0, 0.1) is 17.5 Å². The van der Waals surface area contributed by atoms with Crippen LogP contribution in [0.1, 0.15) is 36.2 Å². The van der Waals surface area contributed by atoms with Gasteiger partial charge in [0.25, 0.3) is 0 Å². The highest BCUT2D eigenvalue weighted by molar-refractivity contribution is 7.95. The van der Waals surface area contributed by atoms with Crippen molar-refractivity contribution in [2.45, 2.75) is 30.8 Å². The molecular formula is C21H17F3NO4PS. The molecule has 3 aromatic rings. The molecule has 1 saturated carbocycles. The van der Waals surface area contributed by atoms with E-state index in [1.54, 1.807) is 37.3 Å². The van der Waals surface area contributed by atoms with E-state index in [0.717, 1.165) is 0 Å². The van der Waals surface area contributed by atoms with Crippen molar-refractivity contribution >= 4 is 43.5 Å². The molecule has 1 atom stereocenters. The first-order valence-corrected chi connectivity index (χ1v) is 10.8. The molecule has 1 aromatic heterocycles. The van der Waals surface area contributed by atoms with Crippen LogP contribution in [0.15, 0.2) is 40.2 Å². The molecular weight excluding hydrogens is 450 g/mol. The van der Waals surface area contributed by atoms with Gasteiger partial charge in [0.1, 0.15) is 28.4 Å². The molecule has 1 fully saturated rings. The SMILES string of the molecule is CCOC(=O)c1c(SOc2ccccc2)n(C2CC2)c2c(F)c(P)c(F)c(F)c2c1=O. The summed E-state index contributed by atoms with van der Waals surface area (Å²) in [6.45, 7) is 1.51. The number of hydrogen-bond donors (Lipinski definition) is 0. The molecule has 31 heavy (non-hydrogen) atoms. The maximum atomic E-state index is 15.1. The number of benzene rings is 2. The van der Waals surface area contributed by atoms with Crippen molar-refractivity contribution in [2.75, 3.05) is 6.61 Å². The first-order valence-electron chi connectivity index (χ1n) is 9.47. The zero-order valence-electron chi connectivity index (χ0n) is 16.3. The predicted octanol–water partition coefficient (Wildman–Crippen LogP) is 4.52. The molecule has 5 nitrogen and oxygen atoms in total. The van der Waals surface area contributed by atoms with E-state index in [1.807, 2.05) is 9.24 Å². The molecule has 0 N–H and O–H groups in total.